The largest absolute Gasteiger partial charge is 0.481 e. The molecule has 2 heterocycles. The maximum atomic E-state index is 12.7. The molecule has 0 bridgehead atoms. The summed E-state index contributed by atoms with van der Waals surface area (Å²) >= 11 is 1.52. The number of carbonyl (C=O) groups excluding carboxylic acids is 1. The molecule has 1 fully saturated rings. The van der Waals surface area contributed by atoms with E-state index in [1.807, 2.05) is 24.8 Å². The maximum Gasteiger partial charge on any atom is 0.309 e. The molecule has 1 atom stereocenters. The van der Waals surface area contributed by atoms with E-state index in [1.54, 1.807) is 13.8 Å². The van der Waals surface area contributed by atoms with Crippen LogP contribution in [0.25, 0.3) is 0 Å². The summed E-state index contributed by atoms with van der Waals surface area (Å²) in [6.45, 7) is 8.74. The van der Waals surface area contributed by atoms with Crippen molar-refractivity contribution in [3.63, 3.8) is 0 Å². The minimum absolute atomic E-state index is 0.00839. The third-order valence-electron chi connectivity index (χ3n) is 4.52. The molecule has 5 heteroatoms. The molecule has 1 aromatic rings. The molecule has 2 rings (SSSR count). The Kier molecular flexibility index (Phi) is 4.42. The maximum absolute atomic E-state index is 12.7. The van der Waals surface area contributed by atoms with Gasteiger partial charge in [0.1, 0.15) is 0 Å². The number of carboxylic acid groups (broad SMARTS) is 1. The molecular formula is C16H23NO3S. The van der Waals surface area contributed by atoms with Crippen molar-refractivity contribution in [3.05, 3.63) is 21.4 Å². The number of aryl methyl sites for hydroxylation is 2. The summed E-state index contributed by atoms with van der Waals surface area (Å²) in [5.74, 6) is -0.726. The lowest BCUT2D eigenvalue weighted by atomic mass is 9.74. The molecule has 21 heavy (non-hydrogen) atoms. The zero-order valence-corrected chi connectivity index (χ0v) is 13.9. The number of hydrogen-bond acceptors (Lipinski definition) is 3. The Morgan fingerprint density at radius 3 is 2.57 bits per heavy atom. The number of amides is 1. The first kappa shape index (κ1) is 16.0. The van der Waals surface area contributed by atoms with Crippen LogP contribution in [0.3, 0.4) is 0 Å². The van der Waals surface area contributed by atoms with Gasteiger partial charge in [0.2, 0.25) is 0 Å². The smallest absolute Gasteiger partial charge is 0.309 e. The highest BCUT2D eigenvalue weighted by atomic mass is 32.1. The fraction of sp³-hybridized carbons (Fsp3) is 0.625. The summed E-state index contributed by atoms with van der Waals surface area (Å²) in [5, 5.41) is 9.38. The molecule has 1 N–H and O–H groups in total. The van der Waals surface area contributed by atoms with E-state index in [1.165, 1.54) is 11.3 Å². The molecule has 1 aliphatic rings. The van der Waals surface area contributed by atoms with Gasteiger partial charge in [-0.2, -0.15) is 0 Å². The van der Waals surface area contributed by atoms with Crippen LogP contribution in [0.2, 0.25) is 0 Å². The first-order valence-electron chi connectivity index (χ1n) is 7.33. The summed E-state index contributed by atoms with van der Waals surface area (Å²) in [4.78, 5) is 27.8. The van der Waals surface area contributed by atoms with Crippen LogP contribution < -0.4 is 0 Å². The van der Waals surface area contributed by atoms with Gasteiger partial charge in [-0.25, -0.2) is 0 Å². The van der Waals surface area contributed by atoms with Gasteiger partial charge in [0.25, 0.3) is 5.91 Å². The van der Waals surface area contributed by atoms with Gasteiger partial charge < -0.3 is 10.0 Å². The van der Waals surface area contributed by atoms with Gasteiger partial charge in [0.05, 0.1) is 10.3 Å². The van der Waals surface area contributed by atoms with Crippen LogP contribution in [-0.2, 0) is 4.79 Å². The zero-order chi connectivity index (χ0) is 15.8. The van der Waals surface area contributed by atoms with Crippen molar-refractivity contribution in [1.29, 1.82) is 0 Å². The highest BCUT2D eigenvalue weighted by molar-refractivity contribution is 7.14. The molecule has 1 unspecified atom stereocenters. The molecule has 1 aromatic heterocycles. The molecule has 4 nitrogen and oxygen atoms in total. The number of piperidine rings is 1. The van der Waals surface area contributed by atoms with E-state index in [-0.39, 0.29) is 11.8 Å². The Morgan fingerprint density at radius 1 is 1.38 bits per heavy atom. The van der Waals surface area contributed by atoms with Gasteiger partial charge in [-0.15, -0.1) is 11.3 Å². The second-order valence-electron chi connectivity index (χ2n) is 6.49. The predicted octanol–water partition coefficient (Wildman–Crippen LogP) is 3.33. The highest BCUT2D eigenvalue weighted by Gasteiger charge is 2.40. The van der Waals surface area contributed by atoms with Crippen LogP contribution in [0.4, 0.5) is 0 Å². The summed E-state index contributed by atoms with van der Waals surface area (Å²) in [6, 6.07) is 2.03. The van der Waals surface area contributed by atoms with Gasteiger partial charge in [-0.1, -0.05) is 0 Å². The van der Waals surface area contributed by atoms with Crippen LogP contribution in [0.1, 0.15) is 46.8 Å². The standard InChI is InChI=1S/C16H23NO3S/c1-10-8-11(2)21-13(10)14(18)17-7-5-6-12(9-17)16(3,4)15(19)20/h8,12H,5-7,9H2,1-4H3,(H,19,20). The predicted molar refractivity (Wildman–Crippen MR) is 83.8 cm³/mol. The molecule has 1 aliphatic heterocycles. The SMILES string of the molecule is Cc1cc(C)c(C(=O)N2CCCC(C(C)(C)C(=O)O)C2)s1. The van der Waals surface area contributed by atoms with E-state index < -0.39 is 11.4 Å². The summed E-state index contributed by atoms with van der Waals surface area (Å²) in [5.41, 5.74) is 0.224. The van der Waals surface area contributed by atoms with Crippen LogP contribution in [0, 0.1) is 25.2 Å². The number of carboxylic acids is 1. The number of likely N-dealkylation sites (tertiary alicyclic amines) is 1. The lowest BCUT2D eigenvalue weighted by molar-refractivity contribution is -0.151. The quantitative estimate of drug-likeness (QED) is 0.931. The van der Waals surface area contributed by atoms with Crippen LogP contribution in [0.5, 0.6) is 0 Å². The Hall–Kier alpha value is -1.36. The van der Waals surface area contributed by atoms with Crippen LogP contribution in [-0.4, -0.2) is 35.0 Å². The number of rotatable bonds is 3. The van der Waals surface area contributed by atoms with E-state index in [9.17, 15) is 14.7 Å². The molecule has 116 valence electrons. The number of hydrogen-bond donors (Lipinski definition) is 1. The fourth-order valence-corrected chi connectivity index (χ4v) is 3.92. The summed E-state index contributed by atoms with van der Waals surface area (Å²) in [6.07, 6.45) is 1.74. The van der Waals surface area contributed by atoms with Crippen molar-refractivity contribution in [3.8, 4) is 0 Å². The van der Waals surface area contributed by atoms with E-state index >= 15 is 0 Å². The zero-order valence-electron chi connectivity index (χ0n) is 13.1. The number of nitrogens with zero attached hydrogens (tertiary/aromatic N) is 1. The number of carbonyl (C=O) groups is 2. The second-order valence-corrected chi connectivity index (χ2v) is 7.74. The van der Waals surface area contributed by atoms with Gasteiger partial charge in [-0.05, 0) is 58.1 Å². The molecule has 1 amide bonds. The second kappa shape index (κ2) is 5.79. The topological polar surface area (TPSA) is 57.6 Å². The highest BCUT2D eigenvalue weighted by Crippen LogP contribution is 2.35. The van der Waals surface area contributed by atoms with E-state index in [0.29, 0.717) is 6.54 Å². The minimum atomic E-state index is -0.792. The first-order valence-corrected chi connectivity index (χ1v) is 8.15. The molecule has 0 saturated carbocycles. The van der Waals surface area contributed by atoms with E-state index in [0.717, 1.165) is 34.7 Å². The van der Waals surface area contributed by atoms with Gasteiger partial charge in [0, 0.05) is 18.0 Å². The molecular weight excluding hydrogens is 286 g/mol. The Labute approximate surface area is 129 Å². The number of aliphatic carboxylic acids is 1. The average molecular weight is 309 g/mol. The first-order chi connectivity index (χ1) is 9.73. The van der Waals surface area contributed by atoms with Crippen molar-refractivity contribution in [1.82, 2.24) is 4.90 Å². The fourth-order valence-electron chi connectivity index (χ4n) is 2.92. The van der Waals surface area contributed by atoms with E-state index in [2.05, 4.69) is 0 Å². The minimum Gasteiger partial charge on any atom is -0.481 e. The molecule has 0 spiro atoms. The van der Waals surface area contributed by atoms with Gasteiger partial charge >= 0.3 is 5.97 Å². The van der Waals surface area contributed by atoms with Crippen LogP contribution in [0.15, 0.2) is 6.07 Å². The van der Waals surface area contributed by atoms with Gasteiger partial charge in [0.15, 0.2) is 0 Å². The van der Waals surface area contributed by atoms with Gasteiger partial charge in [-0.3, -0.25) is 9.59 Å². The third-order valence-corrected chi connectivity index (χ3v) is 5.66. The molecule has 0 aliphatic carbocycles. The summed E-state index contributed by atoms with van der Waals surface area (Å²) < 4.78 is 0. The van der Waals surface area contributed by atoms with E-state index in [4.69, 9.17) is 0 Å². The lowest BCUT2D eigenvalue weighted by Crippen LogP contribution is -2.46. The van der Waals surface area contributed by atoms with Crippen molar-refractivity contribution in [2.45, 2.75) is 40.5 Å². The monoisotopic (exact) mass is 309 g/mol. The van der Waals surface area contributed by atoms with Crippen molar-refractivity contribution < 1.29 is 14.7 Å². The summed E-state index contributed by atoms with van der Waals surface area (Å²) in [7, 11) is 0. The molecule has 0 radical (unpaired) electrons. The number of thiophene rings is 1. The Bertz CT molecular complexity index is 562. The molecule has 1 saturated heterocycles. The average Bonchev–Trinajstić information content (AvgIpc) is 2.76. The Morgan fingerprint density at radius 2 is 2.05 bits per heavy atom. The molecule has 0 aromatic carbocycles. The van der Waals surface area contributed by atoms with Crippen molar-refractivity contribution >= 4 is 23.2 Å². The van der Waals surface area contributed by atoms with Crippen LogP contribution >= 0.6 is 11.3 Å². The van der Waals surface area contributed by atoms with Crippen molar-refractivity contribution in [2.24, 2.45) is 11.3 Å². The normalized spacial score (nSPS) is 19.6. The van der Waals surface area contributed by atoms with Crippen molar-refractivity contribution in [2.75, 3.05) is 13.1 Å². The third kappa shape index (κ3) is 3.12. The lowest BCUT2D eigenvalue weighted by Gasteiger charge is -2.39. The Balaban J connectivity index is 2.16.